The number of rotatable bonds is 5. The molecule has 1 heterocycles. The number of aryl methyl sites for hydroxylation is 1. The van der Waals surface area contributed by atoms with Crippen molar-refractivity contribution < 1.29 is 0 Å². The van der Waals surface area contributed by atoms with E-state index >= 15 is 0 Å². The molecule has 3 rings (SSSR count). The van der Waals surface area contributed by atoms with Crippen LogP contribution in [0.25, 0.3) is 0 Å². The molecule has 2 aromatic carbocycles. The molecule has 0 unspecified atom stereocenters. The lowest BCUT2D eigenvalue weighted by Gasteiger charge is -2.11. The molecule has 0 spiro atoms. The van der Waals surface area contributed by atoms with E-state index in [9.17, 15) is 0 Å². The molecule has 0 aliphatic carbocycles. The van der Waals surface area contributed by atoms with Gasteiger partial charge in [-0.15, -0.1) is 0 Å². The molecule has 2 N–H and O–H groups in total. The van der Waals surface area contributed by atoms with Crippen LogP contribution in [0.1, 0.15) is 22.5 Å². The van der Waals surface area contributed by atoms with Gasteiger partial charge in [0, 0.05) is 11.6 Å². The zero-order valence-electron chi connectivity index (χ0n) is 15.4. The smallest absolute Gasteiger partial charge is 0.171 e. The van der Waals surface area contributed by atoms with Gasteiger partial charge in [0.25, 0.3) is 0 Å². The molecule has 0 atom stereocenters. The van der Waals surface area contributed by atoms with Gasteiger partial charge in [-0.05, 0) is 61.5 Å². The molecule has 0 saturated carbocycles. The van der Waals surface area contributed by atoms with Crippen molar-refractivity contribution in [3.63, 3.8) is 0 Å². The van der Waals surface area contributed by atoms with Crippen LogP contribution >= 0.6 is 47.0 Å². The van der Waals surface area contributed by atoms with Gasteiger partial charge in [0.2, 0.25) is 0 Å². The molecule has 8 heteroatoms. The van der Waals surface area contributed by atoms with Crippen LogP contribution in [0.4, 0.5) is 5.69 Å². The van der Waals surface area contributed by atoms with Crippen molar-refractivity contribution in [3.05, 3.63) is 80.0 Å². The molecule has 0 bridgehead atoms. The maximum absolute atomic E-state index is 6.11. The van der Waals surface area contributed by atoms with Crippen molar-refractivity contribution in [1.29, 1.82) is 0 Å². The lowest BCUT2D eigenvalue weighted by molar-refractivity contribution is 0.659. The average Bonchev–Trinajstić information content (AvgIpc) is 2.92. The van der Waals surface area contributed by atoms with Gasteiger partial charge in [-0.25, -0.2) is 0 Å². The van der Waals surface area contributed by atoms with Gasteiger partial charge in [-0.1, -0.05) is 53.0 Å². The molecule has 0 amide bonds. The minimum absolute atomic E-state index is 0.534. The fourth-order valence-electron chi connectivity index (χ4n) is 2.79. The molecule has 146 valence electrons. The van der Waals surface area contributed by atoms with E-state index in [1.165, 1.54) is 0 Å². The lowest BCUT2D eigenvalue weighted by Crippen LogP contribution is -2.28. The summed E-state index contributed by atoms with van der Waals surface area (Å²) < 4.78 is 1.92. The molecular formula is C20H19Cl3N4S. The Morgan fingerprint density at radius 3 is 2.36 bits per heavy atom. The van der Waals surface area contributed by atoms with E-state index in [1.807, 2.05) is 54.9 Å². The third-order valence-electron chi connectivity index (χ3n) is 4.30. The molecule has 28 heavy (non-hydrogen) atoms. The highest BCUT2D eigenvalue weighted by atomic mass is 35.5. The standard InChI is InChI=1S/C20H19Cl3N4S/c1-12-19(25-20(28)24-10-14-3-6-16(21)7-4-14)13(2)27(26-12)11-15-5-8-17(22)18(23)9-15/h3-9H,10-11H2,1-2H3,(H2,24,25,28). The minimum atomic E-state index is 0.534. The van der Waals surface area contributed by atoms with E-state index in [1.54, 1.807) is 6.07 Å². The summed E-state index contributed by atoms with van der Waals surface area (Å²) in [5.74, 6) is 0. The number of hydrogen-bond acceptors (Lipinski definition) is 2. The van der Waals surface area contributed by atoms with E-state index in [-0.39, 0.29) is 0 Å². The molecule has 3 aromatic rings. The highest BCUT2D eigenvalue weighted by Gasteiger charge is 2.13. The summed E-state index contributed by atoms with van der Waals surface area (Å²) >= 11 is 23.4. The topological polar surface area (TPSA) is 41.9 Å². The van der Waals surface area contributed by atoms with Gasteiger partial charge in [0.15, 0.2) is 5.11 Å². The Balaban J connectivity index is 1.66. The van der Waals surface area contributed by atoms with Crippen LogP contribution < -0.4 is 10.6 Å². The van der Waals surface area contributed by atoms with Gasteiger partial charge >= 0.3 is 0 Å². The molecule has 0 radical (unpaired) electrons. The Hall–Kier alpha value is -1.79. The highest BCUT2D eigenvalue weighted by molar-refractivity contribution is 7.80. The number of hydrogen-bond donors (Lipinski definition) is 2. The molecule has 0 fully saturated rings. The van der Waals surface area contributed by atoms with Crippen LogP contribution in [-0.4, -0.2) is 14.9 Å². The van der Waals surface area contributed by atoms with Crippen molar-refractivity contribution >= 4 is 57.8 Å². The number of halogens is 3. The van der Waals surface area contributed by atoms with E-state index in [2.05, 4.69) is 15.7 Å². The third-order valence-corrected chi connectivity index (χ3v) is 5.54. The van der Waals surface area contributed by atoms with Crippen LogP contribution in [0.2, 0.25) is 15.1 Å². The largest absolute Gasteiger partial charge is 0.358 e. The zero-order valence-corrected chi connectivity index (χ0v) is 18.5. The Kier molecular flexibility index (Phi) is 6.83. The van der Waals surface area contributed by atoms with Crippen LogP contribution in [-0.2, 0) is 13.1 Å². The molecule has 0 saturated heterocycles. The third kappa shape index (κ3) is 5.17. The Morgan fingerprint density at radius 2 is 1.68 bits per heavy atom. The summed E-state index contributed by atoms with van der Waals surface area (Å²) in [6, 6.07) is 13.2. The molecule has 4 nitrogen and oxygen atoms in total. The van der Waals surface area contributed by atoms with Crippen molar-refractivity contribution in [2.45, 2.75) is 26.9 Å². The first-order valence-corrected chi connectivity index (χ1v) is 10.1. The van der Waals surface area contributed by atoms with Gasteiger partial charge in [-0.2, -0.15) is 5.10 Å². The number of thiocarbonyl (C=S) groups is 1. The first-order chi connectivity index (χ1) is 13.3. The Bertz CT molecular complexity index is 999. The van der Waals surface area contributed by atoms with Crippen molar-refractivity contribution in [2.24, 2.45) is 0 Å². The minimum Gasteiger partial charge on any atom is -0.358 e. The van der Waals surface area contributed by atoms with E-state index in [4.69, 9.17) is 47.0 Å². The van der Waals surface area contributed by atoms with Gasteiger partial charge in [0.05, 0.1) is 33.7 Å². The predicted molar refractivity (Wildman–Crippen MR) is 122 cm³/mol. The second kappa shape index (κ2) is 9.14. The van der Waals surface area contributed by atoms with E-state index in [0.29, 0.717) is 33.3 Å². The van der Waals surface area contributed by atoms with Crippen LogP contribution in [0.5, 0.6) is 0 Å². The number of aromatic nitrogens is 2. The summed E-state index contributed by atoms with van der Waals surface area (Å²) in [7, 11) is 0. The average molecular weight is 454 g/mol. The number of nitrogens with zero attached hydrogens (tertiary/aromatic N) is 2. The number of nitrogens with one attached hydrogen (secondary N) is 2. The SMILES string of the molecule is Cc1nn(Cc2ccc(Cl)c(Cl)c2)c(C)c1NC(=S)NCc1ccc(Cl)cc1. The maximum Gasteiger partial charge on any atom is 0.171 e. The van der Waals surface area contributed by atoms with Crippen LogP contribution in [0.3, 0.4) is 0 Å². The van der Waals surface area contributed by atoms with E-state index < -0.39 is 0 Å². The van der Waals surface area contributed by atoms with Crippen molar-refractivity contribution in [3.8, 4) is 0 Å². The predicted octanol–water partition coefficient (Wildman–Crippen LogP) is 6.00. The van der Waals surface area contributed by atoms with Gasteiger partial charge in [0.1, 0.15) is 0 Å². The van der Waals surface area contributed by atoms with Crippen molar-refractivity contribution in [1.82, 2.24) is 15.1 Å². The second-order valence-corrected chi connectivity index (χ2v) is 8.05. The van der Waals surface area contributed by atoms with Gasteiger partial charge < -0.3 is 10.6 Å². The first kappa shape index (κ1) is 20.9. The van der Waals surface area contributed by atoms with Gasteiger partial charge in [-0.3, -0.25) is 4.68 Å². The summed E-state index contributed by atoms with van der Waals surface area (Å²) in [5.41, 5.74) is 4.87. The summed E-state index contributed by atoms with van der Waals surface area (Å²) in [5, 5.41) is 13.4. The molecule has 0 aliphatic rings. The lowest BCUT2D eigenvalue weighted by atomic mass is 10.2. The fourth-order valence-corrected chi connectivity index (χ4v) is 3.41. The summed E-state index contributed by atoms with van der Waals surface area (Å²) in [4.78, 5) is 0. The molecular weight excluding hydrogens is 435 g/mol. The Morgan fingerprint density at radius 1 is 1.00 bits per heavy atom. The quantitative estimate of drug-likeness (QED) is 0.465. The maximum atomic E-state index is 6.11. The summed E-state index contributed by atoms with van der Waals surface area (Å²) in [6.45, 7) is 5.15. The van der Waals surface area contributed by atoms with Crippen LogP contribution in [0, 0.1) is 13.8 Å². The normalized spacial score (nSPS) is 10.8. The molecule has 1 aromatic heterocycles. The first-order valence-electron chi connectivity index (χ1n) is 8.60. The second-order valence-electron chi connectivity index (χ2n) is 6.39. The van der Waals surface area contributed by atoms with Crippen LogP contribution in [0.15, 0.2) is 42.5 Å². The highest BCUT2D eigenvalue weighted by Crippen LogP contribution is 2.25. The summed E-state index contributed by atoms with van der Waals surface area (Å²) in [6.07, 6.45) is 0. The van der Waals surface area contributed by atoms with Crippen molar-refractivity contribution in [2.75, 3.05) is 5.32 Å². The molecule has 0 aliphatic heterocycles. The number of benzene rings is 2. The Labute approximate surface area is 184 Å². The monoisotopic (exact) mass is 452 g/mol. The number of anilines is 1. The fraction of sp³-hybridized carbons (Fsp3) is 0.200. The zero-order chi connectivity index (χ0) is 20.3. The van der Waals surface area contributed by atoms with E-state index in [0.717, 1.165) is 28.2 Å².